The summed E-state index contributed by atoms with van der Waals surface area (Å²) in [7, 11) is 13.1. The number of aryl methyl sites for hydroxylation is 2. The number of fused-ring (bicyclic) bond motifs is 2. The number of nitrogens with one attached hydrogen (secondary N) is 1. The Labute approximate surface area is 510 Å². The Morgan fingerprint density at radius 3 is 1.45 bits per heavy atom. The first-order valence-electron chi connectivity index (χ1n) is 30.9. The van der Waals surface area contributed by atoms with Crippen molar-refractivity contribution in [3.8, 4) is 46.0 Å². The molecule has 2 fully saturated rings. The number of likely N-dealkylation sites (tertiary alicyclic amines) is 2. The number of carboxylic acids is 2. The van der Waals surface area contributed by atoms with E-state index >= 15 is 0 Å². The molecule has 19 heteroatoms. The van der Waals surface area contributed by atoms with E-state index in [1.165, 1.54) is 13.0 Å². The Morgan fingerprint density at radius 1 is 0.581 bits per heavy atom. The molecular formula is C67H98N5O14+. The minimum Gasteiger partial charge on any atom is -0.496 e. The van der Waals surface area contributed by atoms with Crippen molar-refractivity contribution in [2.45, 2.75) is 129 Å². The molecule has 0 aliphatic carbocycles. The van der Waals surface area contributed by atoms with Crippen LogP contribution in [0.1, 0.15) is 126 Å². The molecule has 8 rings (SSSR count). The van der Waals surface area contributed by atoms with E-state index in [0.29, 0.717) is 73.5 Å². The average Bonchev–Trinajstić information content (AvgIpc) is 4.45. The molecule has 0 bridgehead atoms. The number of para-hydroxylation sites is 2. The monoisotopic (exact) mass is 1200 g/mol. The summed E-state index contributed by atoms with van der Waals surface area (Å²) in [5.41, 5.74) is 3.80. The highest BCUT2D eigenvalue weighted by Crippen LogP contribution is 2.49. The number of aliphatic carboxylic acids is 2. The number of hydrogen-bond acceptors (Lipinski definition) is 14. The van der Waals surface area contributed by atoms with Gasteiger partial charge in [-0.15, -0.1) is 0 Å². The van der Waals surface area contributed by atoms with Crippen molar-refractivity contribution in [3.05, 3.63) is 95.1 Å². The molecule has 0 saturated carbocycles. The minimum absolute atomic E-state index is 0.0584. The molecule has 0 radical (unpaired) electrons. The predicted molar refractivity (Wildman–Crippen MR) is 331 cm³/mol. The van der Waals surface area contributed by atoms with E-state index in [1.54, 1.807) is 28.4 Å². The number of carboxylic acid groups (broad SMARTS) is 2. The van der Waals surface area contributed by atoms with Crippen molar-refractivity contribution in [3.63, 3.8) is 0 Å². The van der Waals surface area contributed by atoms with Crippen LogP contribution in [0.15, 0.2) is 72.8 Å². The number of carbonyl (C=O) groups excluding carboxylic acids is 2. The zero-order valence-corrected chi connectivity index (χ0v) is 53.0. The van der Waals surface area contributed by atoms with Crippen LogP contribution in [-0.2, 0) is 32.0 Å². The van der Waals surface area contributed by atoms with Crippen molar-refractivity contribution in [2.24, 2.45) is 11.8 Å². The van der Waals surface area contributed by atoms with Crippen LogP contribution in [0.4, 0.5) is 0 Å². The van der Waals surface area contributed by atoms with Gasteiger partial charge in [0.2, 0.25) is 36.9 Å². The number of nitrogens with zero attached hydrogens (tertiary/aromatic N) is 4. The van der Waals surface area contributed by atoms with E-state index in [9.17, 15) is 29.4 Å². The van der Waals surface area contributed by atoms with Crippen molar-refractivity contribution in [1.82, 2.24) is 20.0 Å². The van der Waals surface area contributed by atoms with E-state index in [2.05, 4.69) is 59.1 Å². The van der Waals surface area contributed by atoms with Crippen LogP contribution < -0.4 is 43.2 Å². The highest BCUT2D eigenvalue weighted by atomic mass is 16.7. The zero-order valence-electron chi connectivity index (χ0n) is 53.0. The third kappa shape index (κ3) is 18.5. The van der Waals surface area contributed by atoms with Gasteiger partial charge in [0.25, 0.3) is 0 Å². The highest BCUT2D eigenvalue weighted by molar-refractivity contribution is 5.80. The molecule has 474 valence electrons. The Hall–Kier alpha value is -6.96. The lowest BCUT2D eigenvalue weighted by atomic mass is 9.83. The fourth-order valence-corrected chi connectivity index (χ4v) is 12.5. The van der Waals surface area contributed by atoms with Crippen LogP contribution in [0, 0.1) is 11.8 Å². The second-order valence-electron chi connectivity index (χ2n) is 23.7. The zero-order chi connectivity index (χ0) is 62.3. The van der Waals surface area contributed by atoms with E-state index in [0.717, 1.165) is 103 Å². The van der Waals surface area contributed by atoms with Gasteiger partial charge in [-0.25, -0.2) is 0 Å². The molecular weight excluding hydrogens is 1100 g/mol. The summed E-state index contributed by atoms with van der Waals surface area (Å²) in [6, 6.07) is 22.6. The van der Waals surface area contributed by atoms with Crippen molar-refractivity contribution in [2.75, 3.05) is 116 Å². The Bertz CT molecular complexity index is 2810. The molecule has 2 saturated heterocycles. The summed E-state index contributed by atoms with van der Waals surface area (Å²) in [6.07, 6.45) is 10.4. The maximum Gasteiger partial charge on any atom is 0.308 e. The Kier molecular flexibility index (Phi) is 26.8. The van der Waals surface area contributed by atoms with Gasteiger partial charge in [0.1, 0.15) is 11.5 Å². The number of carbonyl (C=O) groups is 4. The molecule has 86 heavy (non-hydrogen) atoms. The lowest BCUT2D eigenvalue weighted by Crippen LogP contribution is -2.44. The minimum atomic E-state index is -0.872. The quantitative estimate of drug-likeness (QED) is 0.0328. The number of rotatable bonds is 30. The van der Waals surface area contributed by atoms with Gasteiger partial charge in [-0.05, 0) is 123 Å². The van der Waals surface area contributed by atoms with Crippen LogP contribution in [0.25, 0.3) is 0 Å². The molecule has 6 atom stereocenters. The molecule has 4 aromatic rings. The number of benzene rings is 4. The fourth-order valence-electron chi connectivity index (χ4n) is 12.5. The highest BCUT2D eigenvalue weighted by Gasteiger charge is 2.49. The van der Waals surface area contributed by atoms with Gasteiger partial charge in [0.05, 0.1) is 81.1 Å². The molecule has 19 nitrogen and oxygen atoms in total. The van der Waals surface area contributed by atoms with Crippen LogP contribution in [0.2, 0.25) is 0 Å². The molecule has 0 spiro atoms. The number of ether oxygens (including phenoxy) is 8. The second kappa shape index (κ2) is 33.8. The first-order chi connectivity index (χ1) is 41.4. The fraction of sp³-hybridized carbons (Fsp3) is 0.582. The SMILES string of the molecule is CCCCN(CCC)C(=O)CN1C[C@H](c2cc(OC)c3c(c2)OCO3)[C@@H](C(=O)O)[C@@H]1CCCc1ccccc1OC.CCCCNC(=O)CN1C[C@H](c2cc(OC)c3c(c2)OCO3)[C@@H](C(=O)O)[C@@H]1CCCc1ccccc1OC.CCC[N+](C)(C)C. The molecule has 3 N–H and O–H groups in total. The normalized spacial score (nSPS) is 19.4. The van der Waals surface area contributed by atoms with E-state index < -0.39 is 23.8 Å². The molecule has 4 aromatic carbocycles. The summed E-state index contributed by atoms with van der Waals surface area (Å²) in [4.78, 5) is 58.0. The van der Waals surface area contributed by atoms with Gasteiger partial charge < -0.3 is 62.8 Å². The van der Waals surface area contributed by atoms with Crippen LogP contribution in [0.5, 0.6) is 46.0 Å². The molecule has 4 aliphatic heterocycles. The first-order valence-corrected chi connectivity index (χ1v) is 30.9. The van der Waals surface area contributed by atoms with E-state index in [-0.39, 0.29) is 62.4 Å². The lowest BCUT2D eigenvalue weighted by molar-refractivity contribution is -0.870. The third-order valence-electron chi connectivity index (χ3n) is 16.6. The summed E-state index contributed by atoms with van der Waals surface area (Å²) in [5, 5.41) is 24.0. The lowest BCUT2D eigenvalue weighted by Gasteiger charge is -2.29. The molecule has 0 aromatic heterocycles. The number of quaternary nitrogens is 1. The van der Waals surface area contributed by atoms with Crippen LogP contribution in [0.3, 0.4) is 0 Å². The maximum atomic E-state index is 13.6. The number of unbranched alkanes of at least 4 members (excludes halogenated alkanes) is 2. The van der Waals surface area contributed by atoms with Gasteiger partial charge in [-0.1, -0.05) is 76.9 Å². The van der Waals surface area contributed by atoms with Crippen molar-refractivity contribution >= 4 is 23.8 Å². The molecule has 0 unspecified atom stereocenters. The number of amides is 2. The molecule has 4 aliphatic rings. The van der Waals surface area contributed by atoms with Gasteiger partial charge in [0, 0.05) is 56.6 Å². The van der Waals surface area contributed by atoms with Gasteiger partial charge in [-0.2, -0.15) is 0 Å². The number of methoxy groups -OCH3 is 4. The average molecular weight is 1200 g/mol. The predicted octanol–water partition coefficient (Wildman–Crippen LogP) is 9.91. The van der Waals surface area contributed by atoms with Crippen LogP contribution >= 0.6 is 0 Å². The van der Waals surface area contributed by atoms with Crippen molar-refractivity contribution < 1.29 is 71.8 Å². The smallest absolute Gasteiger partial charge is 0.308 e. The van der Waals surface area contributed by atoms with Gasteiger partial charge in [0.15, 0.2) is 23.0 Å². The summed E-state index contributed by atoms with van der Waals surface area (Å²) in [5.74, 6) is 1.04. The molecule has 2 amide bonds. The molecule has 4 heterocycles. The van der Waals surface area contributed by atoms with Gasteiger partial charge >= 0.3 is 11.9 Å². The topological polar surface area (TPSA) is 204 Å². The van der Waals surface area contributed by atoms with E-state index in [1.807, 2.05) is 82.6 Å². The summed E-state index contributed by atoms with van der Waals surface area (Å²) < 4.78 is 45.6. The Balaban J connectivity index is 0.000000248. The van der Waals surface area contributed by atoms with Crippen LogP contribution in [-0.4, -0.2) is 181 Å². The summed E-state index contributed by atoms with van der Waals surface area (Å²) >= 11 is 0. The summed E-state index contributed by atoms with van der Waals surface area (Å²) in [6.45, 7) is 13.3. The van der Waals surface area contributed by atoms with Crippen molar-refractivity contribution in [1.29, 1.82) is 0 Å². The second-order valence-corrected chi connectivity index (χ2v) is 23.7. The standard InChI is InChI=1S/C32H44N2O7.C29H38N2O7.C6H16N/c1-5-7-16-33(15-6-2)29(35)20-34-19-24(23-17-27(39-4)31-28(18-23)40-21-41-31)30(32(36)37)25(34)13-10-12-22-11-8-9-14-26(22)38-3;1-4-5-13-30-26(32)17-31-16-21(20-14-24(36-3)28-25(15-20)37-18-38-28)27(29(33)34)22(31)11-8-10-19-9-6-7-12-23(19)35-2;1-5-6-7(2,3)4/h8-9,11,14,17-18,24-25,30H,5-7,10,12-13,15-16,19-21H2,1-4H3,(H,36,37);6-7,9,12,14-15,21-22,27H,4-5,8,10-11,13,16-18H2,1-3H3,(H,30,32)(H,33,34);5-6H2,1-4H3/q;;+1/t24-,25+,30-;21-,22+,27-;/m11./s1. The van der Waals surface area contributed by atoms with Gasteiger partial charge in [-0.3, -0.25) is 29.0 Å². The number of hydrogen-bond donors (Lipinski definition) is 3. The first kappa shape index (κ1) is 68.2. The maximum absolute atomic E-state index is 13.6. The third-order valence-corrected chi connectivity index (χ3v) is 16.6. The van der Waals surface area contributed by atoms with E-state index in [4.69, 9.17) is 37.9 Å². The Morgan fingerprint density at radius 2 is 1.05 bits per heavy atom. The largest absolute Gasteiger partial charge is 0.496 e.